The van der Waals surface area contributed by atoms with Gasteiger partial charge in [0.15, 0.2) is 5.65 Å². The van der Waals surface area contributed by atoms with Crippen molar-refractivity contribution in [2.45, 2.75) is 51.0 Å². The summed E-state index contributed by atoms with van der Waals surface area (Å²) in [5.74, 6) is -0.732. The van der Waals surface area contributed by atoms with Crippen molar-refractivity contribution in [1.82, 2.24) is 19.7 Å². The molecule has 1 unspecified atom stereocenters. The Bertz CT molecular complexity index is 869. The zero-order valence-electron chi connectivity index (χ0n) is 14.5. The molecule has 3 heterocycles. The Morgan fingerprint density at radius 1 is 1.24 bits per heavy atom. The largest absolute Gasteiger partial charge is 0.480 e. The van der Waals surface area contributed by atoms with Gasteiger partial charge in [0.2, 0.25) is 0 Å². The van der Waals surface area contributed by atoms with Crippen molar-refractivity contribution in [2.24, 2.45) is 7.05 Å². The van der Waals surface area contributed by atoms with Gasteiger partial charge in [-0.2, -0.15) is 5.10 Å². The average Bonchev–Trinajstić information content (AvgIpc) is 3.40. The fourth-order valence-electron chi connectivity index (χ4n) is 3.81. The van der Waals surface area contributed by atoms with Crippen LogP contribution in [0.5, 0.6) is 0 Å². The Hall–Kier alpha value is -2.44. The van der Waals surface area contributed by atoms with E-state index in [1.54, 1.807) is 4.68 Å². The third kappa shape index (κ3) is 2.67. The smallest absolute Gasteiger partial charge is 0.326 e. The predicted octanol–water partition coefficient (Wildman–Crippen LogP) is 2.23. The first kappa shape index (κ1) is 16.1. The number of amides is 1. The third-order valence-electron chi connectivity index (χ3n) is 5.26. The van der Waals surface area contributed by atoms with Crippen LogP contribution in [0.15, 0.2) is 6.07 Å². The fourth-order valence-corrected chi connectivity index (χ4v) is 3.81. The molecule has 0 spiro atoms. The minimum Gasteiger partial charge on any atom is -0.480 e. The molecule has 1 atom stereocenters. The van der Waals surface area contributed by atoms with Crippen LogP contribution in [0.1, 0.15) is 59.8 Å². The summed E-state index contributed by atoms with van der Waals surface area (Å²) in [5, 5.41) is 14.7. The molecule has 1 amide bonds. The number of pyridine rings is 1. The number of carboxylic acid groups (broad SMARTS) is 1. The SMILES string of the molecule is Cc1nn(C)c2nc(C3CC3)cc(C(=O)N3CCCCC3C(=O)O)c12. The summed E-state index contributed by atoms with van der Waals surface area (Å²) in [6, 6.07) is 1.12. The molecule has 2 aromatic rings. The number of carbonyl (C=O) groups is 2. The number of rotatable bonds is 3. The quantitative estimate of drug-likeness (QED) is 0.924. The lowest BCUT2D eigenvalue weighted by Gasteiger charge is -2.33. The highest BCUT2D eigenvalue weighted by atomic mass is 16.4. The highest BCUT2D eigenvalue weighted by Gasteiger charge is 2.35. The minimum atomic E-state index is -0.927. The summed E-state index contributed by atoms with van der Waals surface area (Å²) in [6.07, 6.45) is 4.36. The molecule has 25 heavy (non-hydrogen) atoms. The first-order valence-corrected chi connectivity index (χ1v) is 8.85. The normalized spacial score (nSPS) is 20.9. The first-order valence-electron chi connectivity index (χ1n) is 8.85. The zero-order valence-corrected chi connectivity index (χ0v) is 14.5. The molecule has 0 bridgehead atoms. The highest BCUT2D eigenvalue weighted by Crippen LogP contribution is 2.40. The molecule has 4 rings (SSSR count). The standard InChI is InChI=1S/C18H22N4O3/c1-10-15-12(17(23)22-8-4-3-5-14(22)18(24)25)9-13(11-6-7-11)19-16(15)21(2)20-10/h9,11,14H,3-8H2,1-2H3,(H,24,25). The lowest BCUT2D eigenvalue weighted by Crippen LogP contribution is -2.48. The zero-order chi connectivity index (χ0) is 17.7. The van der Waals surface area contributed by atoms with E-state index < -0.39 is 12.0 Å². The van der Waals surface area contributed by atoms with E-state index in [2.05, 4.69) is 5.10 Å². The van der Waals surface area contributed by atoms with Gasteiger partial charge < -0.3 is 10.0 Å². The molecular weight excluding hydrogens is 320 g/mol. The highest BCUT2D eigenvalue weighted by molar-refractivity contribution is 6.07. The number of piperidine rings is 1. The number of carbonyl (C=O) groups excluding carboxylic acids is 1. The van der Waals surface area contributed by atoms with E-state index >= 15 is 0 Å². The Kier molecular flexibility index (Phi) is 3.74. The maximum Gasteiger partial charge on any atom is 0.326 e. The molecule has 1 N–H and O–H groups in total. The fraction of sp³-hybridized carbons (Fsp3) is 0.556. The molecule has 1 saturated heterocycles. The second-order valence-electron chi connectivity index (χ2n) is 7.12. The maximum atomic E-state index is 13.3. The van der Waals surface area contributed by atoms with Crippen LogP contribution in [0.3, 0.4) is 0 Å². The van der Waals surface area contributed by atoms with Crippen molar-refractivity contribution >= 4 is 22.9 Å². The van der Waals surface area contributed by atoms with Crippen molar-refractivity contribution in [3.05, 3.63) is 23.0 Å². The van der Waals surface area contributed by atoms with Crippen LogP contribution >= 0.6 is 0 Å². The van der Waals surface area contributed by atoms with Crippen LogP contribution in [0.2, 0.25) is 0 Å². The van der Waals surface area contributed by atoms with Crippen LogP contribution in [-0.2, 0) is 11.8 Å². The molecule has 0 aromatic carbocycles. The Balaban J connectivity index is 1.84. The van der Waals surface area contributed by atoms with Gasteiger partial charge in [0.05, 0.1) is 16.6 Å². The Morgan fingerprint density at radius 2 is 2.00 bits per heavy atom. The topological polar surface area (TPSA) is 88.3 Å². The number of aromatic nitrogens is 3. The molecular formula is C18H22N4O3. The van der Waals surface area contributed by atoms with Gasteiger partial charge in [-0.1, -0.05) is 0 Å². The summed E-state index contributed by atoms with van der Waals surface area (Å²) < 4.78 is 1.71. The first-order chi connectivity index (χ1) is 12.0. The maximum absolute atomic E-state index is 13.3. The number of fused-ring (bicyclic) bond motifs is 1. The van der Waals surface area contributed by atoms with Gasteiger partial charge in [0.25, 0.3) is 5.91 Å². The number of likely N-dealkylation sites (tertiary alicyclic amines) is 1. The monoisotopic (exact) mass is 342 g/mol. The van der Waals surface area contributed by atoms with Gasteiger partial charge in [-0.3, -0.25) is 9.48 Å². The van der Waals surface area contributed by atoms with Crippen LogP contribution in [0.25, 0.3) is 11.0 Å². The van der Waals surface area contributed by atoms with Crippen LogP contribution in [0.4, 0.5) is 0 Å². The van der Waals surface area contributed by atoms with Crippen LogP contribution in [-0.4, -0.2) is 49.2 Å². The lowest BCUT2D eigenvalue weighted by molar-refractivity contribution is -0.143. The molecule has 132 valence electrons. The molecule has 7 nitrogen and oxygen atoms in total. The predicted molar refractivity (Wildman–Crippen MR) is 91.5 cm³/mol. The lowest BCUT2D eigenvalue weighted by atomic mass is 9.99. The number of hydrogen-bond donors (Lipinski definition) is 1. The number of aliphatic carboxylic acids is 1. The van der Waals surface area contributed by atoms with E-state index in [1.807, 2.05) is 20.0 Å². The van der Waals surface area contributed by atoms with Crippen LogP contribution < -0.4 is 0 Å². The Labute approximate surface area is 145 Å². The molecule has 7 heteroatoms. The summed E-state index contributed by atoms with van der Waals surface area (Å²) >= 11 is 0. The molecule has 2 aromatic heterocycles. The number of hydrogen-bond acceptors (Lipinski definition) is 4. The molecule has 2 fully saturated rings. The van der Waals surface area contributed by atoms with Gasteiger partial charge in [0, 0.05) is 25.2 Å². The van der Waals surface area contributed by atoms with E-state index in [0.29, 0.717) is 30.1 Å². The van der Waals surface area contributed by atoms with Crippen molar-refractivity contribution in [3.63, 3.8) is 0 Å². The van der Waals surface area contributed by atoms with Gasteiger partial charge in [-0.25, -0.2) is 9.78 Å². The van der Waals surface area contributed by atoms with Crippen molar-refractivity contribution in [3.8, 4) is 0 Å². The number of aryl methyl sites for hydroxylation is 2. The van der Waals surface area contributed by atoms with E-state index in [4.69, 9.17) is 4.98 Å². The third-order valence-corrected chi connectivity index (χ3v) is 5.26. The molecule has 2 aliphatic rings. The second-order valence-corrected chi connectivity index (χ2v) is 7.12. The van der Waals surface area contributed by atoms with E-state index in [9.17, 15) is 14.7 Å². The molecule has 1 saturated carbocycles. The summed E-state index contributed by atoms with van der Waals surface area (Å²) in [4.78, 5) is 31.1. The van der Waals surface area contributed by atoms with Crippen molar-refractivity contribution < 1.29 is 14.7 Å². The minimum absolute atomic E-state index is 0.211. The number of nitrogens with zero attached hydrogens (tertiary/aromatic N) is 4. The average molecular weight is 342 g/mol. The van der Waals surface area contributed by atoms with E-state index in [1.165, 1.54) is 4.90 Å². The summed E-state index contributed by atoms with van der Waals surface area (Å²) in [7, 11) is 1.83. The molecule has 0 radical (unpaired) electrons. The van der Waals surface area contributed by atoms with E-state index in [-0.39, 0.29) is 5.91 Å². The van der Waals surface area contributed by atoms with Crippen LogP contribution in [0, 0.1) is 6.92 Å². The van der Waals surface area contributed by atoms with Gasteiger partial charge in [-0.15, -0.1) is 0 Å². The molecule has 1 aliphatic carbocycles. The van der Waals surface area contributed by atoms with Crippen molar-refractivity contribution in [2.75, 3.05) is 6.54 Å². The van der Waals surface area contributed by atoms with Gasteiger partial charge in [0.1, 0.15) is 6.04 Å². The second kappa shape index (κ2) is 5.82. The van der Waals surface area contributed by atoms with Gasteiger partial charge >= 0.3 is 5.97 Å². The summed E-state index contributed by atoms with van der Waals surface area (Å²) in [5.41, 5.74) is 2.92. The molecule has 1 aliphatic heterocycles. The van der Waals surface area contributed by atoms with Crippen molar-refractivity contribution in [1.29, 1.82) is 0 Å². The van der Waals surface area contributed by atoms with Gasteiger partial charge in [-0.05, 0) is 45.1 Å². The van der Waals surface area contributed by atoms with E-state index in [0.717, 1.165) is 42.5 Å². The summed E-state index contributed by atoms with van der Waals surface area (Å²) in [6.45, 7) is 2.35. The number of carboxylic acids is 1. The Morgan fingerprint density at radius 3 is 2.68 bits per heavy atom.